The summed E-state index contributed by atoms with van der Waals surface area (Å²) in [6.45, 7) is -0.515. The van der Waals surface area contributed by atoms with Crippen molar-refractivity contribution in [3.8, 4) is 0 Å². The van der Waals surface area contributed by atoms with Gasteiger partial charge in [-0.25, -0.2) is 0 Å². The molecule has 18 heavy (non-hydrogen) atoms. The molecule has 5 unspecified atom stereocenters. The van der Waals surface area contributed by atoms with Crippen molar-refractivity contribution in [2.24, 2.45) is 5.92 Å². The van der Waals surface area contributed by atoms with Crippen molar-refractivity contribution in [2.45, 2.75) is 49.9 Å². The summed E-state index contributed by atoms with van der Waals surface area (Å²) < 4.78 is 4.94. The first-order valence-electron chi connectivity index (χ1n) is 6.15. The predicted molar refractivity (Wildman–Crippen MR) is 59.3 cm³/mol. The molecule has 5 atom stereocenters. The van der Waals surface area contributed by atoms with Crippen LogP contribution in [0.15, 0.2) is 0 Å². The van der Waals surface area contributed by atoms with Crippen LogP contribution >= 0.6 is 0 Å². The minimum absolute atomic E-state index is 0.0860. The van der Waals surface area contributed by atoms with Gasteiger partial charge in [0.2, 0.25) is 5.91 Å². The maximum Gasteiger partial charge on any atom is 0.223 e. The molecule has 1 saturated heterocycles. The summed E-state index contributed by atoms with van der Waals surface area (Å²) in [5.74, 6) is -0.334. The first-order valence-corrected chi connectivity index (χ1v) is 6.15. The lowest BCUT2D eigenvalue weighted by Crippen LogP contribution is -2.64. The molecule has 0 spiro atoms. The third-order valence-corrected chi connectivity index (χ3v) is 3.69. The smallest absolute Gasteiger partial charge is 0.223 e. The molecule has 0 bridgehead atoms. The van der Waals surface area contributed by atoms with Gasteiger partial charge in [0.05, 0.1) is 6.61 Å². The molecular formula is C11H19NO6. The molecule has 1 aliphatic carbocycles. The highest BCUT2D eigenvalue weighted by Crippen LogP contribution is 2.27. The molecule has 0 aromatic carbocycles. The van der Waals surface area contributed by atoms with Crippen LogP contribution in [0.1, 0.15) is 19.3 Å². The van der Waals surface area contributed by atoms with E-state index >= 15 is 0 Å². The molecule has 0 aromatic heterocycles. The number of nitrogens with one attached hydrogen (secondary N) is 1. The van der Waals surface area contributed by atoms with E-state index in [2.05, 4.69) is 5.32 Å². The van der Waals surface area contributed by atoms with Gasteiger partial charge in [-0.15, -0.1) is 0 Å². The fourth-order valence-electron chi connectivity index (χ4n) is 2.21. The van der Waals surface area contributed by atoms with Gasteiger partial charge in [-0.1, -0.05) is 6.42 Å². The van der Waals surface area contributed by atoms with Crippen LogP contribution in [0.3, 0.4) is 0 Å². The normalized spacial score (nSPS) is 41.2. The first-order chi connectivity index (χ1) is 8.54. The Morgan fingerprint density at radius 1 is 1.22 bits per heavy atom. The SMILES string of the molecule is O=C(NC1C(O)OC(CO)C(O)C1O)C1CCC1. The second-order valence-electron chi connectivity index (χ2n) is 4.89. The quantitative estimate of drug-likeness (QED) is 0.390. The van der Waals surface area contributed by atoms with E-state index < -0.39 is 37.3 Å². The Morgan fingerprint density at radius 2 is 1.89 bits per heavy atom. The summed E-state index contributed by atoms with van der Waals surface area (Å²) in [5.41, 5.74) is 0. The first kappa shape index (κ1) is 13.7. The number of carbonyl (C=O) groups excluding carboxylic acids is 1. The van der Waals surface area contributed by atoms with Crippen molar-refractivity contribution < 1.29 is 30.0 Å². The predicted octanol–water partition coefficient (Wildman–Crippen LogP) is -2.30. The third-order valence-electron chi connectivity index (χ3n) is 3.69. The van der Waals surface area contributed by atoms with Crippen LogP contribution in [0.5, 0.6) is 0 Å². The van der Waals surface area contributed by atoms with Crippen LogP contribution in [0, 0.1) is 5.92 Å². The molecule has 7 heteroatoms. The molecule has 1 saturated carbocycles. The Bertz CT molecular complexity index is 308. The van der Waals surface area contributed by atoms with Crippen molar-refractivity contribution >= 4 is 5.91 Å². The Morgan fingerprint density at radius 3 is 2.39 bits per heavy atom. The van der Waals surface area contributed by atoms with Crippen LogP contribution in [0.25, 0.3) is 0 Å². The average molecular weight is 261 g/mol. The fraction of sp³-hybridized carbons (Fsp3) is 0.909. The maximum absolute atomic E-state index is 11.7. The summed E-state index contributed by atoms with van der Waals surface area (Å²) >= 11 is 0. The van der Waals surface area contributed by atoms with E-state index in [0.29, 0.717) is 0 Å². The molecule has 1 amide bonds. The highest BCUT2D eigenvalue weighted by molar-refractivity contribution is 5.79. The zero-order valence-electron chi connectivity index (χ0n) is 9.90. The molecule has 1 aliphatic heterocycles. The number of carbonyl (C=O) groups is 1. The molecule has 7 nitrogen and oxygen atoms in total. The van der Waals surface area contributed by atoms with Gasteiger partial charge in [-0.05, 0) is 12.8 Å². The van der Waals surface area contributed by atoms with Crippen LogP contribution in [0.4, 0.5) is 0 Å². The van der Waals surface area contributed by atoms with E-state index in [0.717, 1.165) is 19.3 Å². The monoisotopic (exact) mass is 261 g/mol. The molecule has 0 radical (unpaired) electrons. The molecule has 104 valence electrons. The van der Waals surface area contributed by atoms with Crippen LogP contribution in [-0.4, -0.2) is 63.6 Å². The van der Waals surface area contributed by atoms with E-state index in [1.165, 1.54) is 0 Å². The zero-order valence-corrected chi connectivity index (χ0v) is 9.90. The van der Waals surface area contributed by atoms with E-state index in [1.807, 2.05) is 0 Å². The van der Waals surface area contributed by atoms with Crippen LogP contribution in [-0.2, 0) is 9.53 Å². The van der Waals surface area contributed by atoms with Gasteiger partial charge in [0.25, 0.3) is 0 Å². The van der Waals surface area contributed by atoms with Crippen molar-refractivity contribution in [3.63, 3.8) is 0 Å². The summed E-state index contributed by atoms with van der Waals surface area (Å²) in [6, 6.07) is -1.07. The van der Waals surface area contributed by atoms with Crippen molar-refractivity contribution in [1.82, 2.24) is 5.32 Å². The number of hydrogen-bond acceptors (Lipinski definition) is 6. The molecule has 1 heterocycles. The van der Waals surface area contributed by atoms with E-state index in [1.54, 1.807) is 0 Å². The number of hydrogen-bond donors (Lipinski definition) is 5. The minimum atomic E-state index is -1.44. The average Bonchev–Trinajstić information content (AvgIpc) is 2.27. The van der Waals surface area contributed by atoms with Gasteiger partial charge in [-0.2, -0.15) is 0 Å². The number of rotatable bonds is 3. The zero-order chi connectivity index (χ0) is 13.3. The Hall–Kier alpha value is -0.730. The van der Waals surface area contributed by atoms with Gasteiger partial charge in [0, 0.05) is 5.92 Å². The fourth-order valence-corrected chi connectivity index (χ4v) is 2.21. The molecule has 5 N–H and O–H groups in total. The lowest BCUT2D eigenvalue weighted by atomic mass is 9.84. The summed E-state index contributed by atoms with van der Waals surface area (Å²) in [5, 5.41) is 40.5. The maximum atomic E-state index is 11.7. The highest BCUT2D eigenvalue weighted by Gasteiger charge is 2.45. The van der Waals surface area contributed by atoms with Crippen molar-refractivity contribution in [3.05, 3.63) is 0 Å². The molecular weight excluding hydrogens is 242 g/mol. The van der Waals surface area contributed by atoms with Crippen LogP contribution in [0.2, 0.25) is 0 Å². The second-order valence-corrected chi connectivity index (χ2v) is 4.89. The summed E-state index contributed by atoms with van der Waals surface area (Å²) in [7, 11) is 0. The van der Waals surface area contributed by atoms with Gasteiger partial charge in [0.15, 0.2) is 6.29 Å². The largest absolute Gasteiger partial charge is 0.394 e. The number of aliphatic hydroxyl groups is 4. The number of ether oxygens (including phenoxy) is 1. The molecule has 2 rings (SSSR count). The second kappa shape index (κ2) is 5.50. The van der Waals surface area contributed by atoms with E-state index in [-0.39, 0.29) is 11.8 Å². The molecule has 2 aliphatic rings. The van der Waals surface area contributed by atoms with Gasteiger partial charge < -0.3 is 30.5 Å². The van der Waals surface area contributed by atoms with Gasteiger partial charge in [-0.3, -0.25) is 4.79 Å². The third kappa shape index (κ3) is 2.50. The standard InChI is InChI=1S/C11H19NO6/c13-4-6-8(14)9(15)7(11(17)18-6)12-10(16)5-2-1-3-5/h5-9,11,13-15,17H,1-4H2,(H,12,16). The van der Waals surface area contributed by atoms with Crippen molar-refractivity contribution in [1.29, 1.82) is 0 Å². The van der Waals surface area contributed by atoms with E-state index in [9.17, 15) is 20.1 Å². The van der Waals surface area contributed by atoms with Gasteiger partial charge in [0.1, 0.15) is 24.4 Å². The Labute approximate surface area is 104 Å². The molecule has 2 fully saturated rings. The topological polar surface area (TPSA) is 119 Å². The summed E-state index contributed by atoms with van der Waals surface area (Å²) in [4.78, 5) is 11.7. The number of aliphatic hydroxyl groups excluding tert-OH is 4. The Balaban J connectivity index is 1.96. The highest BCUT2D eigenvalue weighted by atomic mass is 16.6. The van der Waals surface area contributed by atoms with Crippen LogP contribution < -0.4 is 5.32 Å². The van der Waals surface area contributed by atoms with E-state index in [4.69, 9.17) is 9.84 Å². The lowest BCUT2D eigenvalue weighted by Gasteiger charge is -2.41. The minimum Gasteiger partial charge on any atom is -0.394 e. The molecule has 0 aromatic rings. The number of amides is 1. The summed E-state index contributed by atoms with van der Waals surface area (Å²) in [6.07, 6.45) is -2.60. The lowest BCUT2D eigenvalue weighted by molar-refractivity contribution is -0.254. The van der Waals surface area contributed by atoms with Gasteiger partial charge >= 0.3 is 0 Å². The Kier molecular flexibility index (Phi) is 4.18. The van der Waals surface area contributed by atoms with Crippen molar-refractivity contribution in [2.75, 3.05) is 6.61 Å².